The van der Waals surface area contributed by atoms with Gasteiger partial charge in [0.1, 0.15) is 11.9 Å². The van der Waals surface area contributed by atoms with E-state index in [4.69, 9.17) is 9.47 Å². The van der Waals surface area contributed by atoms with Crippen molar-refractivity contribution in [3.63, 3.8) is 0 Å². The van der Waals surface area contributed by atoms with E-state index in [1.165, 1.54) is 6.07 Å². The maximum absolute atomic E-state index is 13.6. The fourth-order valence-electron chi connectivity index (χ4n) is 2.66. The second-order valence-electron chi connectivity index (χ2n) is 5.89. The number of benzene rings is 1. The highest BCUT2D eigenvalue weighted by Crippen LogP contribution is 2.23. The van der Waals surface area contributed by atoms with Crippen LogP contribution >= 0.6 is 0 Å². The van der Waals surface area contributed by atoms with Crippen LogP contribution in [-0.2, 0) is 16.1 Å². The molecular weight excluding hydrogens is 344 g/mol. The van der Waals surface area contributed by atoms with Gasteiger partial charge in [-0.3, -0.25) is 9.69 Å². The van der Waals surface area contributed by atoms with Crippen LogP contribution in [0.15, 0.2) is 36.5 Å². The van der Waals surface area contributed by atoms with Crippen molar-refractivity contribution < 1.29 is 23.0 Å². The van der Waals surface area contributed by atoms with E-state index in [9.17, 15) is 13.6 Å². The Morgan fingerprint density at radius 1 is 1.38 bits per heavy atom. The molecule has 1 aromatic carbocycles. The SMILES string of the molecule is CNC(=O)[C@@H]1CN(Cc2ccc(Oc3ccc(F)cc3F)nc2)CCO1. The van der Waals surface area contributed by atoms with Crippen LogP contribution in [0.1, 0.15) is 5.56 Å². The Hall–Kier alpha value is -2.58. The zero-order valence-corrected chi connectivity index (χ0v) is 14.2. The summed E-state index contributed by atoms with van der Waals surface area (Å²) in [6.07, 6.45) is 1.15. The van der Waals surface area contributed by atoms with Crippen molar-refractivity contribution in [2.75, 3.05) is 26.7 Å². The van der Waals surface area contributed by atoms with Crippen LogP contribution < -0.4 is 10.1 Å². The van der Waals surface area contributed by atoms with E-state index in [1.54, 1.807) is 19.3 Å². The molecule has 1 amide bonds. The lowest BCUT2D eigenvalue weighted by atomic mass is 10.2. The van der Waals surface area contributed by atoms with Gasteiger partial charge < -0.3 is 14.8 Å². The van der Waals surface area contributed by atoms with E-state index < -0.39 is 17.7 Å². The van der Waals surface area contributed by atoms with Crippen molar-refractivity contribution in [1.82, 2.24) is 15.2 Å². The van der Waals surface area contributed by atoms with E-state index in [2.05, 4.69) is 15.2 Å². The van der Waals surface area contributed by atoms with Gasteiger partial charge in [-0.1, -0.05) is 6.07 Å². The van der Waals surface area contributed by atoms with Crippen LogP contribution in [0.5, 0.6) is 11.6 Å². The molecule has 8 heteroatoms. The number of pyridine rings is 1. The molecule has 0 saturated carbocycles. The van der Waals surface area contributed by atoms with Crippen LogP contribution in [0.25, 0.3) is 0 Å². The van der Waals surface area contributed by atoms with Crippen molar-refractivity contribution in [1.29, 1.82) is 0 Å². The molecule has 1 aliphatic rings. The van der Waals surface area contributed by atoms with Gasteiger partial charge in [0.25, 0.3) is 0 Å². The van der Waals surface area contributed by atoms with Gasteiger partial charge in [-0.2, -0.15) is 0 Å². The lowest BCUT2D eigenvalue weighted by Crippen LogP contribution is -2.48. The van der Waals surface area contributed by atoms with Crippen LogP contribution in [0.4, 0.5) is 8.78 Å². The smallest absolute Gasteiger partial charge is 0.250 e. The highest BCUT2D eigenvalue weighted by molar-refractivity contribution is 5.80. The minimum atomic E-state index is -0.788. The van der Waals surface area contributed by atoms with Crippen molar-refractivity contribution in [2.24, 2.45) is 0 Å². The largest absolute Gasteiger partial charge is 0.436 e. The summed E-state index contributed by atoms with van der Waals surface area (Å²) in [4.78, 5) is 17.9. The van der Waals surface area contributed by atoms with Crippen molar-refractivity contribution in [3.8, 4) is 11.6 Å². The maximum atomic E-state index is 13.6. The Kier molecular flexibility index (Phi) is 5.75. The summed E-state index contributed by atoms with van der Waals surface area (Å²) in [6, 6.07) is 6.52. The van der Waals surface area contributed by atoms with Crippen LogP contribution in [-0.4, -0.2) is 48.6 Å². The van der Waals surface area contributed by atoms with Crippen LogP contribution in [0, 0.1) is 11.6 Å². The third-order valence-corrected chi connectivity index (χ3v) is 4.00. The van der Waals surface area contributed by atoms with Gasteiger partial charge in [-0.15, -0.1) is 0 Å². The third kappa shape index (κ3) is 4.53. The Balaban J connectivity index is 1.60. The fraction of sp³-hybridized carbons (Fsp3) is 0.333. The number of hydrogen-bond acceptors (Lipinski definition) is 5. The van der Waals surface area contributed by atoms with E-state index in [1.807, 2.05) is 6.07 Å². The number of carbonyl (C=O) groups is 1. The summed E-state index contributed by atoms with van der Waals surface area (Å²) >= 11 is 0. The zero-order valence-electron chi connectivity index (χ0n) is 14.2. The van der Waals surface area contributed by atoms with Gasteiger partial charge in [0.2, 0.25) is 11.8 Å². The summed E-state index contributed by atoms with van der Waals surface area (Å²) < 4.78 is 37.3. The summed E-state index contributed by atoms with van der Waals surface area (Å²) in [6.45, 7) is 2.30. The number of nitrogens with one attached hydrogen (secondary N) is 1. The molecule has 1 N–H and O–H groups in total. The predicted molar refractivity (Wildman–Crippen MR) is 89.8 cm³/mol. The maximum Gasteiger partial charge on any atom is 0.250 e. The molecule has 2 aromatic rings. The summed E-state index contributed by atoms with van der Waals surface area (Å²) in [5.74, 6) is -1.47. The monoisotopic (exact) mass is 363 g/mol. The second kappa shape index (κ2) is 8.20. The van der Waals surface area contributed by atoms with Crippen molar-refractivity contribution in [2.45, 2.75) is 12.6 Å². The molecular formula is C18H19F2N3O3. The number of morpholine rings is 1. The number of carbonyl (C=O) groups excluding carboxylic acids is 1. The Morgan fingerprint density at radius 3 is 2.92 bits per heavy atom. The minimum Gasteiger partial charge on any atom is -0.436 e. The van der Waals surface area contributed by atoms with E-state index >= 15 is 0 Å². The molecule has 1 atom stereocenters. The molecule has 1 saturated heterocycles. The molecule has 1 aliphatic heterocycles. The van der Waals surface area contributed by atoms with Gasteiger partial charge in [0.05, 0.1) is 6.61 Å². The molecule has 0 bridgehead atoms. The first-order valence-electron chi connectivity index (χ1n) is 8.18. The van der Waals surface area contributed by atoms with E-state index in [-0.39, 0.29) is 17.5 Å². The number of hydrogen-bond donors (Lipinski definition) is 1. The van der Waals surface area contributed by atoms with Gasteiger partial charge in [0, 0.05) is 45.0 Å². The van der Waals surface area contributed by atoms with E-state index in [0.29, 0.717) is 26.2 Å². The Labute approximate surface area is 149 Å². The number of nitrogens with zero attached hydrogens (tertiary/aromatic N) is 2. The lowest BCUT2D eigenvalue weighted by Gasteiger charge is -2.31. The fourth-order valence-corrected chi connectivity index (χ4v) is 2.66. The molecule has 0 unspecified atom stereocenters. The average molecular weight is 363 g/mol. The number of aromatic nitrogens is 1. The molecule has 1 aromatic heterocycles. The van der Waals surface area contributed by atoms with E-state index in [0.717, 1.165) is 17.7 Å². The molecule has 1 fully saturated rings. The average Bonchev–Trinajstić information content (AvgIpc) is 2.65. The highest BCUT2D eigenvalue weighted by atomic mass is 19.1. The third-order valence-electron chi connectivity index (χ3n) is 4.00. The topological polar surface area (TPSA) is 63.7 Å². The molecule has 6 nitrogen and oxygen atoms in total. The molecule has 3 rings (SSSR count). The highest BCUT2D eigenvalue weighted by Gasteiger charge is 2.25. The van der Waals surface area contributed by atoms with Gasteiger partial charge >= 0.3 is 0 Å². The van der Waals surface area contributed by atoms with Crippen molar-refractivity contribution >= 4 is 5.91 Å². The standard InChI is InChI=1S/C18H19F2N3O3/c1-21-18(24)16-11-23(6-7-25-16)10-12-2-5-17(22-9-12)26-15-4-3-13(19)8-14(15)20/h2-5,8-9,16H,6-7,10-11H2,1H3,(H,21,24)/t16-/m0/s1. The predicted octanol–water partition coefficient (Wildman–Crippen LogP) is 2.10. The first-order chi connectivity index (χ1) is 12.5. The van der Waals surface area contributed by atoms with Gasteiger partial charge in [-0.25, -0.2) is 13.8 Å². The number of halogens is 2. The minimum absolute atomic E-state index is 0.0896. The number of rotatable bonds is 5. The zero-order chi connectivity index (χ0) is 18.5. The first kappa shape index (κ1) is 18.2. The molecule has 138 valence electrons. The van der Waals surface area contributed by atoms with Crippen LogP contribution in [0.3, 0.4) is 0 Å². The molecule has 0 radical (unpaired) electrons. The Morgan fingerprint density at radius 2 is 2.23 bits per heavy atom. The van der Waals surface area contributed by atoms with Gasteiger partial charge in [0.15, 0.2) is 11.6 Å². The first-order valence-corrected chi connectivity index (χ1v) is 8.18. The summed E-state index contributed by atoms with van der Waals surface area (Å²) in [5, 5.41) is 2.58. The Bertz CT molecular complexity index is 771. The quantitative estimate of drug-likeness (QED) is 0.881. The molecule has 26 heavy (non-hydrogen) atoms. The van der Waals surface area contributed by atoms with Gasteiger partial charge in [-0.05, 0) is 17.7 Å². The molecule has 0 spiro atoms. The number of amides is 1. The molecule has 2 heterocycles. The normalized spacial score (nSPS) is 17.7. The summed E-state index contributed by atoms with van der Waals surface area (Å²) in [7, 11) is 1.58. The molecule has 0 aliphatic carbocycles. The van der Waals surface area contributed by atoms with Crippen LogP contribution in [0.2, 0.25) is 0 Å². The lowest BCUT2D eigenvalue weighted by molar-refractivity contribution is -0.138. The number of likely N-dealkylation sites (N-methyl/N-ethyl adjacent to an activating group) is 1. The number of ether oxygens (including phenoxy) is 2. The summed E-state index contributed by atoms with van der Waals surface area (Å²) in [5.41, 5.74) is 0.925. The second-order valence-corrected chi connectivity index (χ2v) is 5.89. The van der Waals surface area contributed by atoms with Crippen molar-refractivity contribution in [3.05, 3.63) is 53.7 Å².